The lowest BCUT2D eigenvalue weighted by molar-refractivity contribution is 0.730. The van der Waals surface area contributed by atoms with E-state index in [1.807, 2.05) is 41.5 Å². The van der Waals surface area contributed by atoms with E-state index in [2.05, 4.69) is 20.3 Å². The fraction of sp³-hybridized carbons (Fsp3) is 0.231. The number of nitrogens with zero attached hydrogens (tertiary/aromatic N) is 5. The molecule has 0 saturated carbocycles. The number of aryl methyl sites for hydroxylation is 1. The monoisotopic (exact) mass is 286 g/mol. The van der Waals surface area contributed by atoms with E-state index in [1.54, 1.807) is 12.4 Å². The zero-order valence-corrected chi connectivity index (χ0v) is 12.1. The second-order valence-corrected chi connectivity index (χ2v) is 4.94. The van der Waals surface area contributed by atoms with E-state index < -0.39 is 0 Å². The highest BCUT2D eigenvalue weighted by Crippen LogP contribution is 2.18. The number of H-pyrrole nitrogens is 1. The van der Waals surface area contributed by atoms with Crippen LogP contribution in [0.4, 0.5) is 0 Å². The van der Waals surface area contributed by atoms with Crippen molar-refractivity contribution in [1.82, 2.24) is 29.5 Å². The average Bonchev–Trinajstić information content (AvgIpc) is 2.98. The molecule has 0 bridgehead atoms. The van der Waals surface area contributed by atoms with E-state index in [4.69, 9.17) is 12.2 Å². The van der Waals surface area contributed by atoms with E-state index in [1.165, 1.54) is 0 Å². The van der Waals surface area contributed by atoms with Gasteiger partial charge in [0.05, 0.1) is 12.7 Å². The third kappa shape index (κ3) is 2.16. The van der Waals surface area contributed by atoms with Crippen LogP contribution in [0.25, 0.3) is 11.4 Å². The molecular weight excluding hydrogens is 272 g/mol. The van der Waals surface area contributed by atoms with Gasteiger partial charge in [-0.25, -0.2) is 0 Å². The Balaban J connectivity index is 2.04. The maximum absolute atomic E-state index is 5.32. The molecule has 1 N–H and O–H groups in total. The van der Waals surface area contributed by atoms with Gasteiger partial charge in [-0.3, -0.25) is 19.3 Å². The van der Waals surface area contributed by atoms with Crippen molar-refractivity contribution in [2.75, 3.05) is 0 Å². The molecule has 3 rings (SSSR count). The molecule has 3 aromatic rings. The number of rotatable bonds is 3. The summed E-state index contributed by atoms with van der Waals surface area (Å²) in [5.41, 5.74) is 3.22. The molecule has 0 unspecified atom stereocenters. The predicted octanol–water partition coefficient (Wildman–Crippen LogP) is 2.09. The first-order chi connectivity index (χ1) is 9.66. The molecule has 0 aliphatic rings. The number of aromatic nitrogens is 6. The fourth-order valence-corrected chi connectivity index (χ4v) is 2.25. The molecule has 0 spiro atoms. The largest absolute Gasteiger partial charge is 0.296 e. The minimum Gasteiger partial charge on any atom is -0.296 e. The summed E-state index contributed by atoms with van der Waals surface area (Å²) in [4.78, 5) is 4.02. The maximum atomic E-state index is 5.32. The van der Waals surface area contributed by atoms with Crippen LogP contribution < -0.4 is 0 Å². The first kappa shape index (κ1) is 12.7. The number of pyridine rings is 1. The maximum Gasteiger partial charge on any atom is 0.195 e. The quantitative estimate of drug-likeness (QED) is 0.749. The molecule has 6 nitrogen and oxygen atoms in total. The van der Waals surface area contributed by atoms with E-state index >= 15 is 0 Å². The molecule has 3 aromatic heterocycles. The SMILES string of the molecule is Cc1c(Cn2c(-c3ccncc3)n[nH]c2=S)cnn1C. The number of hydrogen-bond donors (Lipinski definition) is 1. The van der Waals surface area contributed by atoms with Crippen LogP contribution >= 0.6 is 12.2 Å². The Labute approximate surface area is 121 Å². The molecule has 0 radical (unpaired) electrons. The van der Waals surface area contributed by atoms with Crippen LogP contribution in [-0.2, 0) is 13.6 Å². The van der Waals surface area contributed by atoms with E-state index in [0.717, 1.165) is 22.6 Å². The zero-order valence-electron chi connectivity index (χ0n) is 11.2. The van der Waals surface area contributed by atoms with Gasteiger partial charge in [-0.15, -0.1) is 0 Å². The van der Waals surface area contributed by atoms with Gasteiger partial charge >= 0.3 is 0 Å². The van der Waals surface area contributed by atoms with Gasteiger partial charge in [-0.1, -0.05) is 0 Å². The van der Waals surface area contributed by atoms with Gasteiger partial charge in [0, 0.05) is 36.3 Å². The Morgan fingerprint density at radius 3 is 2.70 bits per heavy atom. The summed E-state index contributed by atoms with van der Waals surface area (Å²) in [7, 11) is 1.93. The lowest BCUT2D eigenvalue weighted by Crippen LogP contribution is -2.04. The lowest BCUT2D eigenvalue weighted by atomic mass is 10.2. The van der Waals surface area contributed by atoms with Crippen LogP contribution in [0, 0.1) is 11.7 Å². The Bertz CT molecular complexity index is 783. The molecular formula is C13H14N6S. The molecule has 0 aromatic carbocycles. The summed E-state index contributed by atoms with van der Waals surface area (Å²) < 4.78 is 4.42. The third-order valence-electron chi connectivity index (χ3n) is 3.36. The summed E-state index contributed by atoms with van der Waals surface area (Å²) in [5, 5.41) is 11.4. The Morgan fingerprint density at radius 2 is 2.05 bits per heavy atom. The second-order valence-electron chi connectivity index (χ2n) is 4.55. The average molecular weight is 286 g/mol. The molecule has 0 fully saturated rings. The van der Waals surface area contributed by atoms with Crippen molar-refractivity contribution in [2.24, 2.45) is 7.05 Å². The van der Waals surface area contributed by atoms with Crippen molar-refractivity contribution in [2.45, 2.75) is 13.5 Å². The number of hydrogen-bond acceptors (Lipinski definition) is 4. The molecule has 3 heterocycles. The van der Waals surface area contributed by atoms with Crippen molar-refractivity contribution in [3.8, 4) is 11.4 Å². The molecule has 0 amide bonds. The van der Waals surface area contributed by atoms with Crippen molar-refractivity contribution >= 4 is 12.2 Å². The van der Waals surface area contributed by atoms with Crippen LogP contribution in [0.1, 0.15) is 11.3 Å². The van der Waals surface area contributed by atoms with Crippen molar-refractivity contribution in [3.05, 3.63) is 46.8 Å². The second kappa shape index (κ2) is 5.01. The van der Waals surface area contributed by atoms with Crippen LogP contribution in [0.5, 0.6) is 0 Å². The van der Waals surface area contributed by atoms with E-state index in [9.17, 15) is 0 Å². The standard InChI is InChI=1S/C13H14N6S/c1-9-11(7-15-18(9)2)8-19-12(16-17-13(19)20)10-3-5-14-6-4-10/h3-7H,8H2,1-2H3,(H,17,20). The first-order valence-electron chi connectivity index (χ1n) is 6.20. The summed E-state index contributed by atoms with van der Waals surface area (Å²) in [6, 6.07) is 3.83. The highest BCUT2D eigenvalue weighted by Gasteiger charge is 2.11. The van der Waals surface area contributed by atoms with Gasteiger partial charge in [0.1, 0.15) is 0 Å². The molecule has 0 aliphatic heterocycles. The normalized spacial score (nSPS) is 10.9. The van der Waals surface area contributed by atoms with Crippen molar-refractivity contribution < 1.29 is 0 Å². The highest BCUT2D eigenvalue weighted by atomic mass is 32.1. The molecule has 7 heteroatoms. The van der Waals surface area contributed by atoms with Gasteiger partial charge in [0.15, 0.2) is 10.6 Å². The van der Waals surface area contributed by atoms with Crippen LogP contribution in [-0.4, -0.2) is 29.5 Å². The van der Waals surface area contributed by atoms with E-state index in [0.29, 0.717) is 11.3 Å². The van der Waals surface area contributed by atoms with Crippen molar-refractivity contribution in [3.63, 3.8) is 0 Å². The summed E-state index contributed by atoms with van der Waals surface area (Å²) in [6.07, 6.45) is 5.35. The minimum absolute atomic E-state index is 0.597. The Kier molecular flexibility index (Phi) is 3.19. The molecule has 0 saturated heterocycles. The smallest absolute Gasteiger partial charge is 0.195 e. The summed E-state index contributed by atoms with van der Waals surface area (Å²) in [6.45, 7) is 2.69. The topological polar surface area (TPSA) is 64.3 Å². The number of nitrogens with one attached hydrogen (secondary N) is 1. The predicted molar refractivity (Wildman–Crippen MR) is 77.7 cm³/mol. The lowest BCUT2D eigenvalue weighted by Gasteiger charge is -2.06. The number of aromatic amines is 1. The van der Waals surface area contributed by atoms with Crippen LogP contribution in [0.15, 0.2) is 30.7 Å². The van der Waals surface area contributed by atoms with Gasteiger partial charge in [-0.05, 0) is 31.3 Å². The molecule has 102 valence electrons. The van der Waals surface area contributed by atoms with Crippen LogP contribution in [0.2, 0.25) is 0 Å². The Morgan fingerprint density at radius 1 is 1.30 bits per heavy atom. The van der Waals surface area contributed by atoms with Crippen molar-refractivity contribution in [1.29, 1.82) is 0 Å². The summed E-state index contributed by atoms with van der Waals surface area (Å²) >= 11 is 5.32. The highest BCUT2D eigenvalue weighted by molar-refractivity contribution is 7.71. The minimum atomic E-state index is 0.597. The fourth-order valence-electron chi connectivity index (χ4n) is 2.06. The molecule has 20 heavy (non-hydrogen) atoms. The third-order valence-corrected chi connectivity index (χ3v) is 3.67. The van der Waals surface area contributed by atoms with E-state index in [-0.39, 0.29) is 0 Å². The Hall–Kier alpha value is -2.28. The van der Waals surface area contributed by atoms with Gasteiger partial charge in [-0.2, -0.15) is 10.2 Å². The summed E-state index contributed by atoms with van der Waals surface area (Å²) in [5.74, 6) is 0.806. The van der Waals surface area contributed by atoms with Gasteiger partial charge < -0.3 is 0 Å². The van der Waals surface area contributed by atoms with Crippen LogP contribution in [0.3, 0.4) is 0 Å². The van der Waals surface area contributed by atoms with Gasteiger partial charge in [0.2, 0.25) is 0 Å². The molecule has 0 atom stereocenters. The zero-order chi connectivity index (χ0) is 14.1. The van der Waals surface area contributed by atoms with Gasteiger partial charge in [0.25, 0.3) is 0 Å². The first-order valence-corrected chi connectivity index (χ1v) is 6.60. The molecule has 0 aliphatic carbocycles.